The highest BCUT2D eigenvalue weighted by Crippen LogP contribution is 2.42. The number of hydrogen-bond acceptors (Lipinski definition) is 3. The van der Waals surface area contributed by atoms with Crippen molar-refractivity contribution in [3.8, 4) is 0 Å². The van der Waals surface area contributed by atoms with Gasteiger partial charge in [0, 0.05) is 0 Å². The van der Waals surface area contributed by atoms with Gasteiger partial charge >= 0.3 is 18.5 Å². The Hall–Kier alpha value is -2.87. The summed E-state index contributed by atoms with van der Waals surface area (Å²) in [5.41, 5.74) is -0.205. The Bertz CT molecular complexity index is 1500. The molecule has 6 rings (SSSR count). The molecule has 0 saturated carbocycles. The first-order valence-electron chi connectivity index (χ1n) is 19.8. The summed E-state index contributed by atoms with van der Waals surface area (Å²) in [6.45, 7) is 16.3. The van der Waals surface area contributed by atoms with Crippen molar-refractivity contribution in [1.29, 1.82) is 0 Å². The summed E-state index contributed by atoms with van der Waals surface area (Å²) in [6, 6.07) is 12.4. The van der Waals surface area contributed by atoms with Crippen molar-refractivity contribution in [2.24, 2.45) is 0 Å². The van der Waals surface area contributed by atoms with Gasteiger partial charge in [-0.1, -0.05) is 68.8 Å². The summed E-state index contributed by atoms with van der Waals surface area (Å²) in [6.07, 6.45) is -8.17. The van der Waals surface area contributed by atoms with E-state index in [1.807, 2.05) is 13.0 Å². The van der Waals surface area contributed by atoms with Crippen LogP contribution in [0.15, 0.2) is 54.6 Å². The van der Waals surface area contributed by atoms with Crippen molar-refractivity contribution in [3.05, 3.63) is 104 Å². The second-order valence-electron chi connectivity index (χ2n) is 15.1. The fraction of sp³-hybridized carbons (Fsp3) is 0.581. The molecule has 0 aliphatic carbocycles. The van der Waals surface area contributed by atoms with E-state index in [-0.39, 0.29) is 28.3 Å². The Morgan fingerprint density at radius 3 is 1.19 bits per heavy atom. The molecule has 0 atom stereocenters. The van der Waals surface area contributed by atoms with Gasteiger partial charge in [0.05, 0.1) is 21.7 Å². The van der Waals surface area contributed by atoms with Gasteiger partial charge in [0.15, 0.2) is 0 Å². The first-order valence-corrected chi connectivity index (χ1v) is 20.2. The lowest BCUT2D eigenvalue weighted by Crippen LogP contribution is -2.33. The molecule has 3 aromatic rings. The number of likely N-dealkylation sites (tertiary alicyclic amines) is 3. The summed E-state index contributed by atoms with van der Waals surface area (Å²) in [4.78, 5) is 6.87. The normalized spacial score (nSPS) is 18.8. The topological polar surface area (TPSA) is 9.72 Å². The summed E-state index contributed by atoms with van der Waals surface area (Å²) in [5.74, 6) is -0.794. The highest BCUT2D eigenvalue weighted by Gasteiger charge is 2.37. The number of nitrogens with zero attached hydrogens (tertiary/aromatic N) is 3. The highest BCUT2D eigenvalue weighted by atomic mass is 35.5. The third kappa shape index (κ3) is 12.6. The van der Waals surface area contributed by atoms with Crippen LogP contribution in [-0.4, -0.2) is 73.6 Å². The lowest BCUT2D eigenvalue weighted by molar-refractivity contribution is -0.140. The number of halogens is 11. The van der Waals surface area contributed by atoms with Crippen molar-refractivity contribution in [2.45, 2.75) is 103 Å². The summed E-state index contributed by atoms with van der Waals surface area (Å²) < 4.78 is 129. The van der Waals surface area contributed by atoms with Crippen LogP contribution in [0.2, 0.25) is 5.02 Å². The minimum atomic E-state index is -4.62. The second-order valence-corrected chi connectivity index (χ2v) is 15.4. The van der Waals surface area contributed by atoms with Crippen LogP contribution in [0.4, 0.5) is 43.9 Å². The third-order valence-corrected chi connectivity index (χ3v) is 12.2. The van der Waals surface area contributed by atoms with E-state index < -0.39 is 41.0 Å². The summed E-state index contributed by atoms with van der Waals surface area (Å²) in [5, 5.41) is -0.120. The fourth-order valence-corrected chi connectivity index (χ4v) is 8.64. The summed E-state index contributed by atoms with van der Waals surface area (Å²) >= 11 is 5.96. The van der Waals surface area contributed by atoms with Crippen molar-refractivity contribution in [1.82, 2.24) is 14.7 Å². The molecule has 57 heavy (non-hydrogen) atoms. The van der Waals surface area contributed by atoms with Crippen LogP contribution in [0, 0.1) is 12.7 Å². The molecule has 0 radical (unpaired) electrons. The predicted octanol–water partition coefficient (Wildman–Crippen LogP) is 12.8. The molecule has 0 unspecified atom stereocenters. The average Bonchev–Trinajstić information content (AvgIpc) is 3.17. The van der Waals surface area contributed by atoms with Crippen molar-refractivity contribution >= 4 is 11.6 Å². The molecule has 0 amide bonds. The predicted molar refractivity (Wildman–Crippen MR) is 206 cm³/mol. The monoisotopic (exact) mass is 837 g/mol. The highest BCUT2D eigenvalue weighted by molar-refractivity contribution is 6.32. The van der Waals surface area contributed by atoms with Gasteiger partial charge in [-0.3, -0.25) is 0 Å². The largest absolute Gasteiger partial charge is 0.419 e. The van der Waals surface area contributed by atoms with Gasteiger partial charge in [0.1, 0.15) is 5.82 Å². The van der Waals surface area contributed by atoms with Crippen LogP contribution in [0.1, 0.15) is 116 Å². The van der Waals surface area contributed by atoms with Gasteiger partial charge in [0.25, 0.3) is 0 Å². The van der Waals surface area contributed by atoms with Crippen LogP contribution in [0.3, 0.4) is 0 Å². The van der Waals surface area contributed by atoms with E-state index in [1.54, 1.807) is 13.0 Å². The van der Waals surface area contributed by atoms with E-state index in [2.05, 4.69) is 28.5 Å². The van der Waals surface area contributed by atoms with Gasteiger partial charge < -0.3 is 14.7 Å². The third-order valence-electron chi connectivity index (χ3n) is 11.8. The molecule has 0 bridgehead atoms. The number of alkyl halides is 9. The lowest BCUT2D eigenvalue weighted by atomic mass is 9.85. The van der Waals surface area contributed by atoms with Gasteiger partial charge in [-0.25, -0.2) is 4.39 Å². The van der Waals surface area contributed by atoms with Gasteiger partial charge in [-0.15, -0.1) is 0 Å². The smallest absolute Gasteiger partial charge is 0.304 e. The zero-order chi connectivity index (χ0) is 42.1. The van der Waals surface area contributed by atoms with E-state index in [4.69, 9.17) is 11.6 Å². The van der Waals surface area contributed by atoms with E-state index in [0.717, 1.165) is 102 Å². The zero-order valence-electron chi connectivity index (χ0n) is 33.0. The maximum absolute atomic E-state index is 14.0. The Kier molecular flexibility index (Phi) is 16.8. The van der Waals surface area contributed by atoms with Crippen molar-refractivity contribution in [3.63, 3.8) is 0 Å². The Labute approximate surface area is 335 Å². The number of benzene rings is 3. The van der Waals surface area contributed by atoms with E-state index in [9.17, 15) is 43.9 Å². The van der Waals surface area contributed by atoms with Gasteiger partial charge in [0.2, 0.25) is 0 Å². The van der Waals surface area contributed by atoms with Crippen molar-refractivity contribution in [2.75, 3.05) is 58.9 Å². The molecule has 3 fully saturated rings. The molecule has 3 heterocycles. The van der Waals surface area contributed by atoms with E-state index in [0.29, 0.717) is 24.0 Å². The standard InChI is InChI=1S/C15H20F3N.C14H17ClF3N.C14H17F4N/c1-3-19-9-7-12(8-10-19)13-5-4-6-14(11(13)2)15(16,17)18;2*1-2-19-8-6-10(7-9-19)11-4-3-5-12(13(11)15)14(16,17)18/h4-6,12H,3,7-10H2,1-2H3;2*3-5,10H,2,6-9H2,1H3. The maximum Gasteiger partial charge on any atom is 0.419 e. The number of hydrogen-bond donors (Lipinski definition) is 0. The van der Waals surface area contributed by atoms with Gasteiger partial charge in [-0.05, 0) is 163 Å². The van der Waals surface area contributed by atoms with Crippen LogP contribution in [0.25, 0.3) is 0 Å². The second kappa shape index (κ2) is 20.4. The molecule has 3 saturated heterocycles. The lowest BCUT2D eigenvalue weighted by Gasteiger charge is -2.32. The zero-order valence-corrected chi connectivity index (χ0v) is 33.8. The SMILES string of the molecule is CCN1CCC(c2cccc(C(F)(F)F)c2C)CC1.CCN1CCC(c2cccc(C(F)(F)F)c2Cl)CC1.CCN1CCC(c2cccc(C(F)(F)F)c2F)CC1. The average molecular weight is 838 g/mol. The van der Waals surface area contributed by atoms with Gasteiger partial charge in [-0.2, -0.15) is 39.5 Å². The van der Waals surface area contributed by atoms with E-state index in [1.165, 1.54) is 30.3 Å². The molecule has 0 aromatic heterocycles. The molecule has 3 aliphatic rings. The van der Waals surface area contributed by atoms with Crippen molar-refractivity contribution < 1.29 is 43.9 Å². The Morgan fingerprint density at radius 2 is 0.807 bits per heavy atom. The molecular formula is C43H54ClF10N3. The fourth-order valence-electron chi connectivity index (χ4n) is 8.25. The molecule has 3 aromatic carbocycles. The number of rotatable bonds is 6. The molecule has 14 heteroatoms. The Balaban J connectivity index is 0.000000189. The van der Waals surface area contributed by atoms with Crippen LogP contribution < -0.4 is 0 Å². The minimum absolute atomic E-state index is 0.106. The minimum Gasteiger partial charge on any atom is -0.304 e. The van der Waals surface area contributed by atoms with Crippen LogP contribution in [-0.2, 0) is 18.5 Å². The number of piperidine rings is 3. The first-order chi connectivity index (χ1) is 26.8. The van der Waals surface area contributed by atoms with Crippen LogP contribution in [0.5, 0.6) is 0 Å². The molecule has 3 nitrogen and oxygen atoms in total. The summed E-state index contributed by atoms with van der Waals surface area (Å²) in [7, 11) is 0. The molecule has 318 valence electrons. The Morgan fingerprint density at radius 1 is 0.491 bits per heavy atom. The molecule has 0 N–H and O–H groups in total. The molecule has 0 spiro atoms. The molecule has 3 aliphatic heterocycles. The molecular weight excluding hydrogens is 784 g/mol. The van der Waals surface area contributed by atoms with E-state index >= 15 is 0 Å². The first kappa shape index (κ1) is 46.8. The maximum atomic E-state index is 14.0. The van der Waals surface area contributed by atoms with Crippen LogP contribution >= 0.6 is 11.6 Å². The quantitative estimate of drug-likeness (QED) is 0.229.